The van der Waals surface area contributed by atoms with Crippen molar-refractivity contribution in [3.05, 3.63) is 52.9 Å². The number of furan rings is 1. The lowest BCUT2D eigenvalue weighted by Gasteiger charge is -2.09. The molecule has 6 nitrogen and oxygen atoms in total. The number of hydrazine groups is 1. The summed E-state index contributed by atoms with van der Waals surface area (Å²) in [6.07, 6.45) is 1.34. The van der Waals surface area contributed by atoms with Crippen molar-refractivity contribution in [1.29, 1.82) is 0 Å². The number of halogens is 1. The van der Waals surface area contributed by atoms with E-state index in [1.165, 1.54) is 30.5 Å². The van der Waals surface area contributed by atoms with Gasteiger partial charge in [-0.05, 0) is 25.1 Å². The Bertz CT molecular complexity index is 739. The summed E-state index contributed by atoms with van der Waals surface area (Å²) >= 11 is 5.80. The Hall–Kier alpha value is -1.83. The van der Waals surface area contributed by atoms with Crippen LogP contribution in [0.4, 0.5) is 0 Å². The number of hydrogen-bond donors (Lipinski definition) is 2. The summed E-state index contributed by atoms with van der Waals surface area (Å²) in [6, 6.07) is 7.35. The Morgan fingerprint density at radius 3 is 2.55 bits per heavy atom. The van der Waals surface area contributed by atoms with Crippen molar-refractivity contribution in [3.63, 3.8) is 0 Å². The lowest BCUT2D eigenvalue weighted by Crippen LogP contribution is -2.41. The Kier molecular flexibility index (Phi) is 4.12. The molecule has 2 N–H and O–H groups in total. The highest BCUT2D eigenvalue weighted by molar-refractivity contribution is 7.89. The van der Waals surface area contributed by atoms with Crippen LogP contribution in [0.3, 0.4) is 0 Å². The van der Waals surface area contributed by atoms with Gasteiger partial charge in [-0.15, -0.1) is 4.83 Å². The molecule has 8 heteroatoms. The third-order valence-corrected chi connectivity index (χ3v) is 4.28. The van der Waals surface area contributed by atoms with Crippen LogP contribution >= 0.6 is 11.6 Å². The summed E-state index contributed by atoms with van der Waals surface area (Å²) < 4.78 is 28.9. The van der Waals surface area contributed by atoms with E-state index >= 15 is 0 Å². The number of benzene rings is 1. The summed E-state index contributed by atoms with van der Waals surface area (Å²) in [5.41, 5.74) is 2.34. The van der Waals surface area contributed by atoms with E-state index < -0.39 is 15.9 Å². The molecular weight excluding hydrogens is 304 g/mol. The van der Waals surface area contributed by atoms with Gasteiger partial charge in [0, 0.05) is 0 Å². The molecule has 0 atom stereocenters. The molecule has 0 spiro atoms. The second-order valence-corrected chi connectivity index (χ2v) is 5.94. The van der Waals surface area contributed by atoms with Gasteiger partial charge in [0.05, 0.1) is 16.8 Å². The molecule has 2 rings (SSSR count). The molecular formula is C12H11ClN2O4S. The molecule has 0 fully saturated rings. The maximum absolute atomic E-state index is 12.0. The highest BCUT2D eigenvalue weighted by atomic mass is 35.5. The van der Waals surface area contributed by atoms with Gasteiger partial charge < -0.3 is 4.42 Å². The SMILES string of the molecule is Cc1occc1C(=O)NNS(=O)(=O)c1ccccc1Cl. The standard InChI is InChI=1S/C12H11ClN2O4S/c1-8-9(6-7-19-8)12(16)14-15-20(17,18)11-5-3-2-4-10(11)13/h2-7,15H,1H3,(H,14,16). The van der Waals surface area contributed by atoms with Gasteiger partial charge in [-0.2, -0.15) is 0 Å². The van der Waals surface area contributed by atoms with Crippen molar-refractivity contribution in [2.45, 2.75) is 11.8 Å². The average molecular weight is 315 g/mol. The van der Waals surface area contributed by atoms with E-state index in [1.54, 1.807) is 13.0 Å². The monoisotopic (exact) mass is 314 g/mol. The zero-order valence-electron chi connectivity index (χ0n) is 10.4. The summed E-state index contributed by atoms with van der Waals surface area (Å²) in [7, 11) is -3.93. The van der Waals surface area contributed by atoms with Gasteiger partial charge >= 0.3 is 0 Å². The molecule has 0 aliphatic rings. The molecule has 0 aliphatic heterocycles. The van der Waals surface area contributed by atoms with Crippen molar-refractivity contribution in [3.8, 4) is 0 Å². The van der Waals surface area contributed by atoms with Crippen LogP contribution in [0.5, 0.6) is 0 Å². The largest absolute Gasteiger partial charge is 0.469 e. The fourth-order valence-corrected chi connectivity index (χ4v) is 2.88. The zero-order valence-corrected chi connectivity index (χ0v) is 12.0. The number of aryl methyl sites for hydroxylation is 1. The van der Waals surface area contributed by atoms with E-state index in [2.05, 4.69) is 5.43 Å². The lowest BCUT2D eigenvalue weighted by atomic mass is 10.2. The van der Waals surface area contributed by atoms with Gasteiger partial charge in [-0.3, -0.25) is 10.2 Å². The van der Waals surface area contributed by atoms with E-state index in [0.29, 0.717) is 5.76 Å². The minimum absolute atomic E-state index is 0.0636. The number of carbonyl (C=O) groups is 1. The van der Waals surface area contributed by atoms with E-state index in [1.807, 2.05) is 4.83 Å². The summed E-state index contributed by atoms with van der Waals surface area (Å²) in [5.74, 6) is -0.230. The summed E-state index contributed by atoms with van der Waals surface area (Å²) in [5, 5.41) is 0.0636. The van der Waals surface area contributed by atoms with Crippen molar-refractivity contribution in [2.24, 2.45) is 0 Å². The van der Waals surface area contributed by atoms with Gasteiger partial charge in [0.1, 0.15) is 10.7 Å². The first-order valence-corrected chi connectivity index (χ1v) is 7.39. The first-order chi connectivity index (χ1) is 9.42. The molecule has 1 aromatic heterocycles. The van der Waals surface area contributed by atoms with Crippen molar-refractivity contribution in [2.75, 3.05) is 0 Å². The maximum Gasteiger partial charge on any atom is 0.269 e. The predicted molar refractivity (Wildman–Crippen MR) is 72.7 cm³/mol. The van der Waals surface area contributed by atoms with Crippen LogP contribution in [0.25, 0.3) is 0 Å². The van der Waals surface area contributed by atoms with Crippen molar-refractivity contribution >= 4 is 27.5 Å². The van der Waals surface area contributed by atoms with Crippen LogP contribution in [0.1, 0.15) is 16.1 Å². The van der Waals surface area contributed by atoms with Gasteiger partial charge in [-0.1, -0.05) is 23.7 Å². The third-order valence-electron chi connectivity index (χ3n) is 2.53. The Morgan fingerprint density at radius 2 is 1.95 bits per heavy atom. The average Bonchev–Trinajstić information content (AvgIpc) is 2.83. The first kappa shape index (κ1) is 14.6. The third kappa shape index (κ3) is 3.01. The topological polar surface area (TPSA) is 88.4 Å². The number of nitrogens with one attached hydrogen (secondary N) is 2. The van der Waals surface area contributed by atoms with Gasteiger partial charge in [0.2, 0.25) is 0 Å². The number of carbonyl (C=O) groups excluding carboxylic acids is 1. The van der Waals surface area contributed by atoms with Crippen LogP contribution in [0, 0.1) is 6.92 Å². The summed E-state index contributed by atoms with van der Waals surface area (Å²) in [4.78, 5) is 13.6. The molecule has 1 heterocycles. The molecule has 1 amide bonds. The normalized spacial score (nSPS) is 11.3. The molecule has 20 heavy (non-hydrogen) atoms. The first-order valence-electron chi connectivity index (χ1n) is 5.52. The second-order valence-electron chi connectivity index (χ2n) is 3.88. The number of rotatable bonds is 4. The van der Waals surface area contributed by atoms with E-state index in [9.17, 15) is 13.2 Å². The number of hydrogen-bond acceptors (Lipinski definition) is 4. The predicted octanol–water partition coefficient (Wildman–Crippen LogP) is 1.86. The van der Waals surface area contributed by atoms with Gasteiger partial charge in [0.25, 0.3) is 15.9 Å². The lowest BCUT2D eigenvalue weighted by molar-refractivity contribution is 0.0943. The Labute approximate surface area is 120 Å². The molecule has 0 bridgehead atoms. The van der Waals surface area contributed by atoms with Crippen LogP contribution in [0.2, 0.25) is 5.02 Å². The van der Waals surface area contributed by atoms with E-state index in [-0.39, 0.29) is 15.5 Å². The molecule has 2 aromatic rings. The van der Waals surface area contributed by atoms with Gasteiger partial charge in [-0.25, -0.2) is 8.42 Å². The number of sulfonamides is 1. The molecule has 1 aromatic carbocycles. The minimum atomic E-state index is -3.93. The molecule has 0 aliphatic carbocycles. The highest BCUT2D eigenvalue weighted by Gasteiger charge is 2.19. The smallest absolute Gasteiger partial charge is 0.269 e. The van der Waals surface area contributed by atoms with Crippen LogP contribution < -0.4 is 10.3 Å². The van der Waals surface area contributed by atoms with E-state index in [0.717, 1.165) is 0 Å². The highest BCUT2D eigenvalue weighted by Crippen LogP contribution is 2.19. The molecule has 0 saturated heterocycles. The minimum Gasteiger partial charge on any atom is -0.469 e. The zero-order chi connectivity index (χ0) is 14.8. The Morgan fingerprint density at radius 1 is 1.25 bits per heavy atom. The van der Waals surface area contributed by atoms with Crippen molar-refractivity contribution < 1.29 is 17.6 Å². The molecule has 0 unspecified atom stereocenters. The summed E-state index contributed by atoms with van der Waals surface area (Å²) in [6.45, 7) is 1.59. The quantitative estimate of drug-likeness (QED) is 0.843. The number of amides is 1. The van der Waals surface area contributed by atoms with E-state index in [4.69, 9.17) is 16.0 Å². The fraction of sp³-hybridized carbons (Fsp3) is 0.0833. The molecule has 106 valence electrons. The van der Waals surface area contributed by atoms with Crippen LogP contribution in [0.15, 0.2) is 45.9 Å². The van der Waals surface area contributed by atoms with Crippen LogP contribution in [-0.2, 0) is 10.0 Å². The maximum atomic E-state index is 12.0. The molecule has 0 radical (unpaired) electrons. The van der Waals surface area contributed by atoms with Gasteiger partial charge in [0.15, 0.2) is 0 Å². The molecule has 0 saturated carbocycles. The Balaban J connectivity index is 2.13. The second kappa shape index (κ2) is 5.66. The fourth-order valence-electron chi connectivity index (χ4n) is 1.52. The van der Waals surface area contributed by atoms with Crippen LogP contribution in [-0.4, -0.2) is 14.3 Å². The van der Waals surface area contributed by atoms with Crippen molar-refractivity contribution in [1.82, 2.24) is 10.3 Å².